The number of hydrogen-bond acceptors (Lipinski definition) is 2. The Kier molecular flexibility index (Phi) is 6.36. The Morgan fingerprint density at radius 3 is 2.73 bits per heavy atom. The molecule has 3 fully saturated rings. The molecular formula is C26H42ClNO2. The third kappa shape index (κ3) is 3.66. The van der Waals surface area contributed by atoms with E-state index in [-0.39, 0.29) is 5.91 Å². The quantitative estimate of drug-likeness (QED) is 0.276. The molecule has 0 aliphatic heterocycles. The molecule has 170 valence electrons. The fraction of sp³-hybridized carbons (Fsp3) is 0.885. The van der Waals surface area contributed by atoms with E-state index in [0.717, 1.165) is 36.5 Å². The summed E-state index contributed by atoms with van der Waals surface area (Å²) in [7, 11) is 3.27. The van der Waals surface area contributed by atoms with Crippen molar-refractivity contribution in [3.8, 4) is 0 Å². The number of halogens is 1. The van der Waals surface area contributed by atoms with Gasteiger partial charge in [-0.2, -0.15) is 0 Å². The Hall–Kier alpha value is -0.540. The molecule has 0 unspecified atom stereocenters. The van der Waals surface area contributed by atoms with Crippen LogP contribution >= 0.6 is 11.6 Å². The molecule has 0 heterocycles. The molecule has 3 saturated carbocycles. The molecular weight excluding hydrogens is 394 g/mol. The van der Waals surface area contributed by atoms with Crippen molar-refractivity contribution >= 4 is 17.5 Å². The lowest BCUT2D eigenvalue weighted by Crippen LogP contribution is -2.50. The Balaban J connectivity index is 1.47. The Bertz CT molecular complexity index is 693. The van der Waals surface area contributed by atoms with Gasteiger partial charge in [-0.05, 0) is 98.2 Å². The first-order chi connectivity index (χ1) is 14.2. The number of hydrogen-bond donors (Lipinski definition) is 0. The summed E-state index contributed by atoms with van der Waals surface area (Å²) in [6.45, 7) is 7.56. The molecule has 30 heavy (non-hydrogen) atoms. The molecule has 0 saturated heterocycles. The van der Waals surface area contributed by atoms with E-state index in [2.05, 4.69) is 26.8 Å². The maximum absolute atomic E-state index is 12.2. The van der Waals surface area contributed by atoms with E-state index in [1.807, 2.05) is 0 Å². The predicted octanol–water partition coefficient (Wildman–Crippen LogP) is 6.61. The van der Waals surface area contributed by atoms with Crippen LogP contribution in [-0.2, 0) is 9.63 Å². The van der Waals surface area contributed by atoms with Crippen molar-refractivity contribution in [2.24, 2.45) is 40.4 Å². The second kappa shape index (κ2) is 8.43. The van der Waals surface area contributed by atoms with Crippen molar-refractivity contribution < 1.29 is 9.63 Å². The molecule has 0 aromatic rings. The van der Waals surface area contributed by atoms with Gasteiger partial charge in [0.2, 0.25) is 5.91 Å². The lowest BCUT2D eigenvalue weighted by atomic mass is 9.47. The van der Waals surface area contributed by atoms with Crippen molar-refractivity contribution in [3.05, 3.63) is 11.6 Å². The monoisotopic (exact) mass is 435 g/mol. The number of carbonyl (C=O) groups excluding carboxylic acids is 1. The molecule has 0 radical (unpaired) electrons. The number of hydroxylamine groups is 2. The highest BCUT2D eigenvalue weighted by Crippen LogP contribution is 2.67. The summed E-state index contributed by atoms with van der Waals surface area (Å²) in [5, 5.41) is 1.73. The highest BCUT2D eigenvalue weighted by Gasteiger charge is 2.59. The number of carbonyl (C=O) groups is 1. The van der Waals surface area contributed by atoms with Gasteiger partial charge in [0.25, 0.3) is 0 Å². The molecule has 4 heteroatoms. The minimum absolute atomic E-state index is 0.0977. The van der Waals surface area contributed by atoms with Gasteiger partial charge in [0.1, 0.15) is 0 Å². The molecule has 1 amide bonds. The standard InChI is InChI=1S/C26H42ClNO2/c1-17(6-11-24(29)28(4)30-5)21-9-10-22-20-8-7-18-16-19(27)12-14-25(18,2)23(20)13-15-26(21,22)3/h7,17,19-23H,6,8-16H2,1-5H3/t17-,19+,20+,21-,22+,23+,25+,26-/m1/s1. The number of rotatable bonds is 5. The SMILES string of the molecule is CON(C)C(=O)CC[C@@H](C)[C@H]1CC[C@H]2[C@@H]3CC=C4C[C@@H](Cl)CC[C@]4(C)[C@H]3CC[C@]12C. The van der Waals surface area contributed by atoms with Crippen LogP contribution in [0.1, 0.15) is 85.0 Å². The molecule has 0 aromatic heterocycles. The van der Waals surface area contributed by atoms with E-state index in [1.54, 1.807) is 19.7 Å². The zero-order valence-corrected chi connectivity index (χ0v) is 20.5. The summed E-state index contributed by atoms with van der Waals surface area (Å²) >= 11 is 6.54. The third-order valence-electron chi connectivity index (χ3n) is 10.2. The van der Waals surface area contributed by atoms with Crippen LogP contribution in [0.25, 0.3) is 0 Å². The van der Waals surface area contributed by atoms with Gasteiger partial charge in [0.05, 0.1) is 7.11 Å². The Morgan fingerprint density at radius 1 is 1.23 bits per heavy atom. The first-order valence-corrected chi connectivity index (χ1v) is 12.8. The molecule has 0 bridgehead atoms. The minimum Gasteiger partial charge on any atom is -0.275 e. The van der Waals surface area contributed by atoms with Crippen LogP contribution in [-0.4, -0.2) is 30.5 Å². The molecule has 8 atom stereocenters. The normalized spacial score (nSPS) is 43.8. The molecule has 0 spiro atoms. The first kappa shape index (κ1) is 22.6. The molecule has 3 nitrogen and oxygen atoms in total. The third-order valence-corrected chi connectivity index (χ3v) is 10.6. The second-order valence-electron chi connectivity index (χ2n) is 11.4. The zero-order chi connectivity index (χ0) is 21.7. The number of alkyl halides is 1. The van der Waals surface area contributed by atoms with Gasteiger partial charge in [-0.25, -0.2) is 5.06 Å². The highest BCUT2D eigenvalue weighted by atomic mass is 35.5. The number of amides is 1. The molecule has 4 rings (SSSR count). The fourth-order valence-electron chi connectivity index (χ4n) is 8.40. The van der Waals surface area contributed by atoms with E-state index in [4.69, 9.17) is 16.4 Å². The average molecular weight is 436 g/mol. The Labute approximate surface area is 188 Å². The van der Waals surface area contributed by atoms with E-state index >= 15 is 0 Å². The van der Waals surface area contributed by atoms with E-state index in [9.17, 15) is 4.79 Å². The van der Waals surface area contributed by atoms with Crippen LogP contribution in [0.15, 0.2) is 11.6 Å². The summed E-state index contributed by atoms with van der Waals surface area (Å²) in [5.74, 6) is 4.00. The molecule has 4 aliphatic carbocycles. The maximum Gasteiger partial charge on any atom is 0.245 e. The van der Waals surface area contributed by atoms with Crippen LogP contribution in [0, 0.1) is 40.4 Å². The van der Waals surface area contributed by atoms with Gasteiger partial charge in [-0.3, -0.25) is 9.63 Å². The molecule has 0 aromatic carbocycles. The smallest absolute Gasteiger partial charge is 0.245 e. The number of fused-ring (bicyclic) bond motifs is 5. The summed E-state index contributed by atoms with van der Waals surface area (Å²) in [4.78, 5) is 17.3. The van der Waals surface area contributed by atoms with Gasteiger partial charge in [0.15, 0.2) is 0 Å². The largest absolute Gasteiger partial charge is 0.275 e. The zero-order valence-electron chi connectivity index (χ0n) is 19.8. The van der Waals surface area contributed by atoms with E-state index in [1.165, 1.54) is 50.0 Å². The topological polar surface area (TPSA) is 29.5 Å². The van der Waals surface area contributed by atoms with Crippen LogP contribution < -0.4 is 0 Å². The van der Waals surface area contributed by atoms with Crippen molar-refractivity contribution in [1.29, 1.82) is 0 Å². The fourth-order valence-corrected chi connectivity index (χ4v) is 8.68. The lowest BCUT2D eigenvalue weighted by Gasteiger charge is -2.58. The van der Waals surface area contributed by atoms with Crippen LogP contribution in [0.5, 0.6) is 0 Å². The van der Waals surface area contributed by atoms with Crippen molar-refractivity contribution in [1.82, 2.24) is 5.06 Å². The predicted molar refractivity (Wildman–Crippen MR) is 123 cm³/mol. The van der Waals surface area contributed by atoms with Crippen molar-refractivity contribution in [2.45, 2.75) is 90.4 Å². The first-order valence-electron chi connectivity index (χ1n) is 12.3. The molecule has 0 N–H and O–H groups in total. The molecule has 4 aliphatic rings. The number of nitrogens with zero attached hydrogens (tertiary/aromatic N) is 1. The van der Waals surface area contributed by atoms with Gasteiger partial charge in [-0.1, -0.05) is 32.4 Å². The van der Waals surface area contributed by atoms with E-state index < -0.39 is 0 Å². The van der Waals surface area contributed by atoms with Gasteiger partial charge < -0.3 is 0 Å². The van der Waals surface area contributed by atoms with Crippen LogP contribution in [0.2, 0.25) is 0 Å². The second-order valence-corrected chi connectivity index (χ2v) is 12.0. The summed E-state index contributed by atoms with van der Waals surface area (Å²) < 4.78 is 0. The van der Waals surface area contributed by atoms with Gasteiger partial charge in [-0.15, -0.1) is 11.6 Å². The van der Waals surface area contributed by atoms with Crippen molar-refractivity contribution in [2.75, 3.05) is 14.2 Å². The average Bonchev–Trinajstić information content (AvgIpc) is 3.09. The van der Waals surface area contributed by atoms with Gasteiger partial charge in [0, 0.05) is 18.8 Å². The van der Waals surface area contributed by atoms with E-state index in [0.29, 0.717) is 28.5 Å². The van der Waals surface area contributed by atoms with Gasteiger partial charge >= 0.3 is 0 Å². The lowest BCUT2D eigenvalue weighted by molar-refractivity contribution is -0.169. The van der Waals surface area contributed by atoms with Crippen LogP contribution in [0.3, 0.4) is 0 Å². The summed E-state index contributed by atoms with van der Waals surface area (Å²) in [5.41, 5.74) is 2.53. The highest BCUT2D eigenvalue weighted by molar-refractivity contribution is 6.20. The summed E-state index contributed by atoms with van der Waals surface area (Å²) in [6, 6.07) is 0. The van der Waals surface area contributed by atoms with Crippen LogP contribution in [0.4, 0.5) is 0 Å². The number of allylic oxidation sites excluding steroid dienone is 2. The van der Waals surface area contributed by atoms with Crippen molar-refractivity contribution in [3.63, 3.8) is 0 Å². The maximum atomic E-state index is 12.2. The summed E-state index contributed by atoms with van der Waals surface area (Å²) in [6.07, 6.45) is 14.5. The minimum atomic E-state index is 0.0977. The Morgan fingerprint density at radius 2 is 2.00 bits per heavy atom.